The van der Waals surface area contributed by atoms with E-state index in [4.69, 9.17) is 12.2 Å². The van der Waals surface area contributed by atoms with Gasteiger partial charge in [0, 0.05) is 16.6 Å². The number of hydrogen-bond donors (Lipinski definition) is 2. The van der Waals surface area contributed by atoms with Crippen molar-refractivity contribution in [3.63, 3.8) is 0 Å². The second-order valence-electron chi connectivity index (χ2n) is 3.49. The zero-order chi connectivity index (χ0) is 11.3. The lowest BCUT2D eigenvalue weighted by atomic mass is 10.3. The molecule has 0 fully saturated rings. The summed E-state index contributed by atoms with van der Waals surface area (Å²) in [5, 5.41) is 6.97. The summed E-state index contributed by atoms with van der Waals surface area (Å²) < 4.78 is 0. The molecule has 0 atom stereocenters. The van der Waals surface area contributed by atoms with Crippen LogP contribution in [0.3, 0.4) is 0 Å². The van der Waals surface area contributed by atoms with Crippen LogP contribution in [0.15, 0.2) is 29.2 Å². The third-order valence-corrected chi connectivity index (χ3v) is 2.69. The molecule has 0 unspecified atom stereocenters. The highest BCUT2D eigenvalue weighted by Gasteiger charge is 1.99. The van der Waals surface area contributed by atoms with Crippen LogP contribution in [0, 0.1) is 0 Å². The SMILES string of the molecule is CSc1cccc(NC(=S)NC(C)C)c1. The van der Waals surface area contributed by atoms with Gasteiger partial charge in [-0.2, -0.15) is 0 Å². The van der Waals surface area contributed by atoms with Crippen LogP contribution in [0.25, 0.3) is 0 Å². The number of benzene rings is 1. The summed E-state index contributed by atoms with van der Waals surface area (Å²) >= 11 is 6.88. The van der Waals surface area contributed by atoms with Crippen LogP contribution in [0.2, 0.25) is 0 Å². The van der Waals surface area contributed by atoms with Gasteiger partial charge in [-0.3, -0.25) is 0 Å². The predicted molar refractivity (Wildman–Crippen MR) is 72.7 cm³/mol. The summed E-state index contributed by atoms with van der Waals surface area (Å²) in [4.78, 5) is 1.23. The zero-order valence-corrected chi connectivity index (χ0v) is 10.8. The fourth-order valence-corrected chi connectivity index (χ4v) is 1.94. The topological polar surface area (TPSA) is 24.1 Å². The van der Waals surface area contributed by atoms with Gasteiger partial charge in [0.05, 0.1) is 0 Å². The maximum Gasteiger partial charge on any atom is 0.170 e. The summed E-state index contributed by atoms with van der Waals surface area (Å²) in [7, 11) is 0. The van der Waals surface area contributed by atoms with Gasteiger partial charge in [-0.1, -0.05) is 6.07 Å². The summed E-state index contributed by atoms with van der Waals surface area (Å²) in [6.07, 6.45) is 2.06. The number of rotatable bonds is 3. The van der Waals surface area contributed by atoms with Gasteiger partial charge in [0.15, 0.2) is 5.11 Å². The molecule has 0 radical (unpaired) electrons. The molecule has 0 aliphatic heterocycles. The molecule has 0 spiro atoms. The maximum absolute atomic E-state index is 5.16. The Morgan fingerprint density at radius 3 is 2.73 bits per heavy atom. The minimum atomic E-state index is 0.355. The molecule has 1 aromatic rings. The van der Waals surface area contributed by atoms with Crippen molar-refractivity contribution in [2.45, 2.75) is 24.8 Å². The molecule has 0 saturated carbocycles. The number of hydrogen-bond acceptors (Lipinski definition) is 2. The molecule has 82 valence electrons. The minimum Gasteiger partial charge on any atom is -0.360 e. The Morgan fingerprint density at radius 2 is 2.13 bits per heavy atom. The monoisotopic (exact) mass is 240 g/mol. The van der Waals surface area contributed by atoms with Gasteiger partial charge in [-0.05, 0) is 50.5 Å². The van der Waals surface area contributed by atoms with E-state index in [9.17, 15) is 0 Å². The number of thiocarbonyl (C=S) groups is 1. The van der Waals surface area contributed by atoms with Gasteiger partial charge in [0.25, 0.3) is 0 Å². The third-order valence-electron chi connectivity index (χ3n) is 1.75. The van der Waals surface area contributed by atoms with Crippen molar-refractivity contribution >= 4 is 34.8 Å². The quantitative estimate of drug-likeness (QED) is 0.626. The van der Waals surface area contributed by atoms with E-state index >= 15 is 0 Å². The van der Waals surface area contributed by atoms with Crippen molar-refractivity contribution in [3.05, 3.63) is 24.3 Å². The fourth-order valence-electron chi connectivity index (χ4n) is 1.13. The number of nitrogens with one attached hydrogen (secondary N) is 2. The van der Waals surface area contributed by atoms with Crippen LogP contribution in [-0.4, -0.2) is 17.4 Å². The Kier molecular flexibility index (Phi) is 4.91. The van der Waals surface area contributed by atoms with Gasteiger partial charge < -0.3 is 10.6 Å². The van der Waals surface area contributed by atoms with E-state index in [1.807, 2.05) is 12.1 Å². The first-order valence-electron chi connectivity index (χ1n) is 4.83. The van der Waals surface area contributed by atoms with Crippen LogP contribution in [-0.2, 0) is 0 Å². The van der Waals surface area contributed by atoms with Crippen molar-refractivity contribution < 1.29 is 0 Å². The Balaban J connectivity index is 2.60. The van der Waals surface area contributed by atoms with Gasteiger partial charge in [0.2, 0.25) is 0 Å². The predicted octanol–water partition coefficient (Wildman–Crippen LogP) is 3.10. The molecule has 0 aromatic heterocycles. The van der Waals surface area contributed by atoms with Crippen LogP contribution in [0.5, 0.6) is 0 Å². The number of anilines is 1. The average molecular weight is 240 g/mol. The third kappa shape index (κ3) is 4.53. The zero-order valence-electron chi connectivity index (χ0n) is 9.20. The highest BCUT2D eigenvalue weighted by Crippen LogP contribution is 2.18. The lowest BCUT2D eigenvalue weighted by Gasteiger charge is -2.13. The molecular formula is C11H16N2S2. The van der Waals surface area contributed by atoms with Crippen molar-refractivity contribution in [1.82, 2.24) is 5.32 Å². The summed E-state index contributed by atoms with van der Waals surface area (Å²) in [5.41, 5.74) is 1.03. The molecule has 2 N–H and O–H groups in total. The van der Waals surface area contributed by atoms with E-state index in [0.717, 1.165) is 5.69 Å². The summed E-state index contributed by atoms with van der Waals surface area (Å²) in [6.45, 7) is 4.12. The molecular weight excluding hydrogens is 224 g/mol. The normalized spacial score (nSPS) is 10.1. The Hall–Kier alpha value is -0.740. The summed E-state index contributed by atoms with van der Waals surface area (Å²) in [6, 6.07) is 8.54. The Bertz CT molecular complexity index is 337. The van der Waals surface area contributed by atoms with Gasteiger partial charge in [0.1, 0.15) is 0 Å². The smallest absolute Gasteiger partial charge is 0.170 e. The van der Waals surface area contributed by atoms with Crippen molar-refractivity contribution in [2.75, 3.05) is 11.6 Å². The largest absolute Gasteiger partial charge is 0.360 e. The maximum atomic E-state index is 5.16. The lowest BCUT2D eigenvalue weighted by Crippen LogP contribution is -2.33. The van der Waals surface area contributed by atoms with Crippen molar-refractivity contribution in [2.24, 2.45) is 0 Å². The highest BCUT2D eigenvalue weighted by molar-refractivity contribution is 7.98. The molecule has 0 saturated heterocycles. The van der Waals surface area contributed by atoms with Crippen LogP contribution in [0.4, 0.5) is 5.69 Å². The van der Waals surface area contributed by atoms with E-state index in [0.29, 0.717) is 11.2 Å². The highest BCUT2D eigenvalue weighted by atomic mass is 32.2. The second-order valence-corrected chi connectivity index (χ2v) is 4.77. The minimum absolute atomic E-state index is 0.355. The molecule has 0 bridgehead atoms. The van der Waals surface area contributed by atoms with E-state index < -0.39 is 0 Å². The summed E-state index contributed by atoms with van der Waals surface area (Å²) in [5.74, 6) is 0. The standard InChI is InChI=1S/C11H16N2S2/c1-8(2)12-11(14)13-9-5-4-6-10(7-9)15-3/h4-8H,1-3H3,(H2,12,13,14). The first-order chi connectivity index (χ1) is 7.11. The molecule has 0 amide bonds. The Morgan fingerprint density at radius 1 is 1.40 bits per heavy atom. The van der Waals surface area contributed by atoms with E-state index in [1.54, 1.807) is 11.8 Å². The lowest BCUT2D eigenvalue weighted by molar-refractivity contribution is 0.739. The van der Waals surface area contributed by atoms with Crippen molar-refractivity contribution in [1.29, 1.82) is 0 Å². The molecule has 1 aromatic carbocycles. The molecule has 4 heteroatoms. The average Bonchev–Trinajstić information content (AvgIpc) is 2.16. The van der Waals surface area contributed by atoms with E-state index in [-0.39, 0.29) is 0 Å². The molecule has 2 nitrogen and oxygen atoms in total. The van der Waals surface area contributed by atoms with Crippen molar-refractivity contribution in [3.8, 4) is 0 Å². The fraction of sp³-hybridized carbons (Fsp3) is 0.364. The molecule has 0 heterocycles. The van der Waals surface area contributed by atoms with Gasteiger partial charge >= 0.3 is 0 Å². The van der Waals surface area contributed by atoms with Gasteiger partial charge in [-0.25, -0.2) is 0 Å². The molecule has 0 aliphatic rings. The van der Waals surface area contributed by atoms with Crippen LogP contribution < -0.4 is 10.6 Å². The van der Waals surface area contributed by atoms with E-state index in [1.165, 1.54) is 4.90 Å². The molecule has 0 aliphatic carbocycles. The first-order valence-corrected chi connectivity index (χ1v) is 6.46. The first kappa shape index (κ1) is 12.3. The second kappa shape index (κ2) is 5.98. The van der Waals surface area contributed by atoms with Crippen LogP contribution >= 0.6 is 24.0 Å². The Labute approximate surface area is 101 Å². The van der Waals surface area contributed by atoms with Crippen LogP contribution in [0.1, 0.15) is 13.8 Å². The van der Waals surface area contributed by atoms with Gasteiger partial charge in [-0.15, -0.1) is 11.8 Å². The molecule has 1 rings (SSSR count). The van der Waals surface area contributed by atoms with E-state index in [2.05, 4.69) is 42.9 Å². The molecule has 15 heavy (non-hydrogen) atoms. The number of thioether (sulfide) groups is 1.